The molecule has 0 spiro atoms. The molecule has 1 aliphatic rings. The molecule has 3 nitrogen and oxygen atoms in total. The van der Waals surface area contributed by atoms with E-state index >= 15 is 0 Å². The molecule has 1 aliphatic carbocycles. The molecule has 13 heavy (non-hydrogen) atoms. The summed E-state index contributed by atoms with van der Waals surface area (Å²) in [5, 5.41) is 0. The van der Waals surface area contributed by atoms with Crippen molar-refractivity contribution in [2.75, 3.05) is 7.11 Å². The first kappa shape index (κ1) is 8.51. The third kappa shape index (κ3) is 1.20. The van der Waals surface area contributed by atoms with E-state index in [-0.39, 0.29) is 5.78 Å². The first-order chi connectivity index (χ1) is 6.28. The normalized spacial score (nSPS) is 19.5. The van der Waals surface area contributed by atoms with Crippen LogP contribution in [0.1, 0.15) is 29.8 Å². The molecule has 2 rings (SSSR count). The molecule has 0 saturated heterocycles. The predicted molar refractivity (Wildman–Crippen MR) is 48.7 cm³/mol. The summed E-state index contributed by atoms with van der Waals surface area (Å²) in [6, 6.07) is 3.62. The largest absolute Gasteiger partial charge is 0.370 e. The van der Waals surface area contributed by atoms with Crippen molar-refractivity contribution in [3.63, 3.8) is 0 Å². The lowest BCUT2D eigenvalue weighted by molar-refractivity contribution is -0.0451. The number of nitrogens with one attached hydrogen (secondary N) is 1. The average Bonchev–Trinajstić information content (AvgIpc) is 2.54. The molecule has 1 aromatic rings. The number of methoxy groups -OCH3 is 1. The summed E-state index contributed by atoms with van der Waals surface area (Å²) in [7, 11) is 1.61. The van der Waals surface area contributed by atoms with Crippen LogP contribution in [0.4, 0.5) is 0 Å². The fourth-order valence-corrected chi connectivity index (χ4v) is 1.74. The zero-order valence-electron chi connectivity index (χ0n) is 7.67. The van der Waals surface area contributed by atoms with Gasteiger partial charge in [0.2, 0.25) is 5.78 Å². The van der Waals surface area contributed by atoms with Crippen molar-refractivity contribution in [3.05, 3.63) is 24.0 Å². The van der Waals surface area contributed by atoms with Gasteiger partial charge in [0.05, 0.1) is 5.69 Å². The fraction of sp³-hybridized carbons (Fsp3) is 0.500. The number of aromatic nitrogens is 1. The van der Waals surface area contributed by atoms with E-state index in [4.69, 9.17) is 4.74 Å². The Morgan fingerprint density at radius 3 is 2.77 bits per heavy atom. The molecular formula is C10H13NO2. The van der Waals surface area contributed by atoms with E-state index in [1.54, 1.807) is 19.4 Å². The minimum Gasteiger partial charge on any atom is -0.370 e. The maximum atomic E-state index is 11.9. The van der Waals surface area contributed by atoms with Crippen molar-refractivity contribution in [2.45, 2.75) is 24.9 Å². The zero-order chi connectivity index (χ0) is 9.31. The Hall–Kier alpha value is -1.09. The number of Topliss-reactive ketones (excluding diaryl/α,β-unsaturated/α-hetero) is 1. The van der Waals surface area contributed by atoms with E-state index in [9.17, 15) is 4.79 Å². The topological polar surface area (TPSA) is 42.1 Å². The van der Waals surface area contributed by atoms with Gasteiger partial charge in [-0.25, -0.2) is 0 Å². The number of H-pyrrole nitrogens is 1. The number of hydrogen-bond acceptors (Lipinski definition) is 2. The fourth-order valence-electron chi connectivity index (χ4n) is 1.74. The Morgan fingerprint density at radius 1 is 1.62 bits per heavy atom. The second kappa shape index (κ2) is 3.00. The molecule has 70 valence electrons. The third-order valence-electron chi connectivity index (χ3n) is 2.81. The molecule has 1 N–H and O–H groups in total. The SMILES string of the molecule is COC1(C(=O)c2ccc[nH]2)CCC1. The second-order valence-electron chi connectivity index (χ2n) is 3.46. The van der Waals surface area contributed by atoms with Crippen LogP contribution < -0.4 is 0 Å². The molecule has 0 radical (unpaired) electrons. The van der Waals surface area contributed by atoms with Crippen LogP contribution in [-0.2, 0) is 4.74 Å². The monoisotopic (exact) mass is 179 g/mol. The van der Waals surface area contributed by atoms with Gasteiger partial charge in [0.25, 0.3) is 0 Å². The van der Waals surface area contributed by atoms with Crippen LogP contribution in [0.3, 0.4) is 0 Å². The van der Waals surface area contributed by atoms with E-state index in [2.05, 4.69) is 4.98 Å². The quantitative estimate of drug-likeness (QED) is 0.718. The van der Waals surface area contributed by atoms with Crippen molar-refractivity contribution >= 4 is 5.78 Å². The Balaban J connectivity index is 2.21. The van der Waals surface area contributed by atoms with E-state index in [0.29, 0.717) is 5.69 Å². The smallest absolute Gasteiger partial charge is 0.210 e. The summed E-state index contributed by atoms with van der Waals surface area (Å²) in [4.78, 5) is 14.8. The van der Waals surface area contributed by atoms with Gasteiger partial charge in [0.15, 0.2) is 0 Å². The van der Waals surface area contributed by atoms with Crippen molar-refractivity contribution in [2.24, 2.45) is 0 Å². The van der Waals surface area contributed by atoms with Gasteiger partial charge in [-0.05, 0) is 31.4 Å². The van der Waals surface area contributed by atoms with Crippen LogP contribution in [0.15, 0.2) is 18.3 Å². The summed E-state index contributed by atoms with van der Waals surface area (Å²) in [6.45, 7) is 0. The molecule has 0 aromatic carbocycles. The van der Waals surface area contributed by atoms with E-state index in [1.807, 2.05) is 6.07 Å². The molecule has 1 aromatic heterocycles. The summed E-state index contributed by atoms with van der Waals surface area (Å²) in [6.07, 6.45) is 4.54. The maximum absolute atomic E-state index is 11.9. The Bertz CT molecular complexity index is 293. The second-order valence-corrected chi connectivity index (χ2v) is 3.46. The Morgan fingerprint density at radius 2 is 2.38 bits per heavy atom. The molecule has 1 saturated carbocycles. The molecule has 0 unspecified atom stereocenters. The van der Waals surface area contributed by atoms with Crippen LogP contribution in [0.5, 0.6) is 0 Å². The van der Waals surface area contributed by atoms with Gasteiger partial charge in [-0.2, -0.15) is 0 Å². The number of ether oxygens (including phenoxy) is 1. The van der Waals surface area contributed by atoms with Gasteiger partial charge < -0.3 is 9.72 Å². The molecule has 3 heteroatoms. The van der Waals surface area contributed by atoms with Gasteiger partial charge in [0, 0.05) is 13.3 Å². The first-order valence-corrected chi connectivity index (χ1v) is 4.52. The summed E-state index contributed by atoms with van der Waals surface area (Å²) in [5.41, 5.74) is 0.131. The lowest BCUT2D eigenvalue weighted by atomic mass is 9.76. The summed E-state index contributed by atoms with van der Waals surface area (Å²) in [5.74, 6) is 0.0891. The number of hydrogen-bond donors (Lipinski definition) is 1. The highest BCUT2D eigenvalue weighted by Crippen LogP contribution is 2.37. The molecule has 0 aliphatic heterocycles. The maximum Gasteiger partial charge on any atom is 0.210 e. The van der Waals surface area contributed by atoms with Crippen molar-refractivity contribution in [3.8, 4) is 0 Å². The first-order valence-electron chi connectivity index (χ1n) is 4.52. The van der Waals surface area contributed by atoms with E-state index in [1.165, 1.54) is 0 Å². The predicted octanol–water partition coefficient (Wildman–Crippen LogP) is 1.77. The third-order valence-corrected chi connectivity index (χ3v) is 2.81. The molecule has 0 atom stereocenters. The molecule has 0 bridgehead atoms. The number of carbonyl (C=O) groups excluding carboxylic acids is 1. The van der Waals surface area contributed by atoms with Crippen LogP contribution in [0.25, 0.3) is 0 Å². The van der Waals surface area contributed by atoms with Crippen LogP contribution in [0, 0.1) is 0 Å². The molecule has 1 fully saturated rings. The van der Waals surface area contributed by atoms with E-state index in [0.717, 1.165) is 19.3 Å². The van der Waals surface area contributed by atoms with Gasteiger partial charge in [-0.3, -0.25) is 4.79 Å². The highest BCUT2D eigenvalue weighted by molar-refractivity contribution is 6.01. The van der Waals surface area contributed by atoms with Gasteiger partial charge in [0.1, 0.15) is 5.60 Å². The van der Waals surface area contributed by atoms with E-state index < -0.39 is 5.60 Å². The standard InChI is InChI=1S/C10H13NO2/c1-13-10(5-3-6-10)9(12)8-4-2-7-11-8/h2,4,7,11H,3,5-6H2,1H3. The molecule has 1 heterocycles. The van der Waals surface area contributed by atoms with Crippen molar-refractivity contribution in [1.29, 1.82) is 0 Å². The number of aromatic amines is 1. The molecule has 0 amide bonds. The highest BCUT2D eigenvalue weighted by atomic mass is 16.5. The lowest BCUT2D eigenvalue weighted by Gasteiger charge is -2.38. The van der Waals surface area contributed by atoms with Crippen molar-refractivity contribution in [1.82, 2.24) is 4.98 Å². The van der Waals surface area contributed by atoms with Crippen LogP contribution >= 0.6 is 0 Å². The summed E-state index contributed by atoms with van der Waals surface area (Å²) >= 11 is 0. The summed E-state index contributed by atoms with van der Waals surface area (Å²) < 4.78 is 5.29. The minimum absolute atomic E-state index is 0.0891. The number of rotatable bonds is 3. The van der Waals surface area contributed by atoms with Crippen molar-refractivity contribution < 1.29 is 9.53 Å². The minimum atomic E-state index is -0.523. The Kier molecular flexibility index (Phi) is 1.96. The van der Waals surface area contributed by atoms with Crippen LogP contribution in [-0.4, -0.2) is 23.5 Å². The van der Waals surface area contributed by atoms with Gasteiger partial charge in [-0.1, -0.05) is 0 Å². The van der Waals surface area contributed by atoms with Gasteiger partial charge >= 0.3 is 0 Å². The van der Waals surface area contributed by atoms with Gasteiger partial charge in [-0.15, -0.1) is 0 Å². The number of ketones is 1. The number of carbonyl (C=O) groups is 1. The highest BCUT2D eigenvalue weighted by Gasteiger charge is 2.44. The lowest BCUT2D eigenvalue weighted by Crippen LogP contribution is -2.47. The zero-order valence-corrected chi connectivity index (χ0v) is 7.67. The Labute approximate surface area is 77.1 Å². The van der Waals surface area contributed by atoms with Crippen LogP contribution in [0.2, 0.25) is 0 Å². The average molecular weight is 179 g/mol. The molecular weight excluding hydrogens is 166 g/mol.